The molecule has 1 N–H and O–H groups in total. The molecule has 1 atom stereocenters. The predicted octanol–water partition coefficient (Wildman–Crippen LogP) is 2.52. The Kier molecular flexibility index (Phi) is 7.06. The maximum Gasteiger partial charge on any atom is 0.269 e. The minimum atomic E-state index is -3.49. The van der Waals surface area contributed by atoms with Gasteiger partial charge in [0.05, 0.1) is 5.75 Å². The van der Waals surface area contributed by atoms with E-state index in [2.05, 4.69) is 20.4 Å². The van der Waals surface area contributed by atoms with E-state index in [1.807, 2.05) is 20.8 Å². The second-order valence-electron chi connectivity index (χ2n) is 7.01. The van der Waals surface area contributed by atoms with Gasteiger partial charge < -0.3 is 9.84 Å². The average Bonchev–Trinajstić information content (AvgIpc) is 3.04. The Hall–Kier alpha value is -2.29. The van der Waals surface area contributed by atoms with Gasteiger partial charge in [0, 0.05) is 19.4 Å². The van der Waals surface area contributed by atoms with Gasteiger partial charge in [-0.05, 0) is 30.9 Å². The van der Waals surface area contributed by atoms with E-state index in [0.29, 0.717) is 18.3 Å². The summed E-state index contributed by atoms with van der Waals surface area (Å²) in [5.41, 5.74) is 0.0988. The van der Waals surface area contributed by atoms with E-state index in [0.717, 1.165) is 12.8 Å². The first-order chi connectivity index (χ1) is 12.7. The Bertz CT molecular complexity index is 877. The third-order valence-electron chi connectivity index (χ3n) is 3.91. The van der Waals surface area contributed by atoms with E-state index in [1.165, 1.54) is 18.2 Å². The van der Waals surface area contributed by atoms with Crippen LogP contribution in [-0.4, -0.2) is 41.7 Å². The van der Waals surface area contributed by atoms with Crippen molar-refractivity contribution in [2.24, 2.45) is 5.92 Å². The second kappa shape index (κ2) is 9.07. The summed E-state index contributed by atoms with van der Waals surface area (Å²) in [6.07, 6.45) is 1.52. The van der Waals surface area contributed by atoms with Crippen molar-refractivity contribution in [2.75, 3.05) is 12.3 Å². The molecule has 9 heteroatoms. The Balaban J connectivity index is 1.88. The summed E-state index contributed by atoms with van der Waals surface area (Å²) in [7, 11) is -3.49. The number of rotatable bonds is 9. The van der Waals surface area contributed by atoms with Crippen LogP contribution in [0.3, 0.4) is 0 Å². The molecule has 2 heterocycles. The zero-order valence-corrected chi connectivity index (χ0v) is 16.9. The summed E-state index contributed by atoms with van der Waals surface area (Å²) in [6, 6.07) is 4.47. The monoisotopic (exact) mass is 394 g/mol. The molecule has 27 heavy (non-hydrogen) atoms. The number of hydrogen-bond donors (Lipinski definition) is 1. The fraction of sp³-hybridized carbons (Fsp3) is 0.556. The van der Waals surface area contributed by atoms with Crippen LogP contribution in [0.2, 0.25) is 0 Å². The van der Waals surface area contributed by atoms with Gasteiger partial charge in [0.1, 0.15) is 5.69 Å². The number of pyridine rings is 1. The highest BCUT2D eigenvalue weighted by Gasteiger charge is 2.19. The molecule has 0 radical (unpaired) electrons. The van der Waals surface area contributed by atoms with Crippen LogP contribution in [0.25, 0.3) is 0 Å². The van der Waals surface area contributed by atoms with Crippen LogP contribution >= 0.6 is 0 Å². The number of hydrogen-bond acceptors (Lipinski definition) is 7. The molecule has 0 fully saturated rings. The van der Waals surface area contributed by atoms with Crippen LogP contribution in [0.15, 0.2) is 27.7 Å². The van der Waals surface area contributed by atoms with Crippen LogP contribution in [0.4, 0.5) is 0 Å². The molecule has 0 unspecified atom stereocenters. The first kappa shape index (κ1) is 21.0. The van der Waals surface area contributed by atoms with Crippen molar-refractivity contribution in [3.63, 3.8) is 0 Å². The number of amides is 1. The van der Waals surface area contributed by atoms with Crippen molar-refractivity contribution < 1.29 is 17.7 Å². The molecule has 0 aromatic carbocycles. The van der Waals surface area contributed by atoms with Crippen LogP contribution in [0.5, 0.6) is 0 Å². The molecule has 0 saturated carbocycles. The van der Waals surface area contributed by atoms with Gasteiger partial charge in [-0.25, -0.2) is 13.4 Å². The molecule has 0 bridgehead atoms. The molecule has 0 spiro atoms. The third kappa shape index (κ3) is 6.13. The number of aryl methyl sites for hydroxylation is 1. The summed E-state index contributed by atoms with van der Waals surface area (Å²) < 4.78 is 29.5. The maximum absolute atomic E-state index is 12.3. The van der Waals surface area contributed by atoms with E-state index in [-0.39, 0.29) is 34.2 Å². The summed E-state index contributed by atoms with van der Waals surface area (Å²) in [5, 5.41) is 6.59. The topological polar surface area (TPSA) is 115 Å². The van der Waals surface area contributed by atoms with Crippen molar-refractivity contribution in [3.05, 3.63) is 35.6 Å². The molecule has 0 aliphatic carbocycles. The standard InChI is InChI=1S/C18H26N4O4S/c1-12(2)11-27(24,25)16-9-5-8-15(21-16)18(23)19-10-6-7-13(3)17-20-14(4)26-22-17/h5,8-9,12-13H,6-7,10-11H2,1-4H3,(H,19,23)/t13-/m0/s1. The Labute approximate surface area is 159 Å². The van der Waals surface area contributed by atoms with Crippen LogP contribution in [0.1, 0.15) is 61.7 Å². The Morgan fingerprint density at radius 3 is 2.59 bits per heavy atom. The van der Waals surface area contributed by atoms with Gasteiger partial charge in [-0.15, -0.1) is 0 Å². The number of aromatic nitrogens is 3. The molecule has 2 aromatic rings. The van der Waals surface area contributed by atoms with E-state index >= 15 is 0 Å². The fourth-order valence-electron chi connectivity index (χ4n) is 2.58. The lowest BCUT2D eigenvalue weighted by atomic mass is 10.1. The summed E-state index contributed by atoms with van der Waals surface area (Å²) in [4.78, 5) is 20.5. The van der Waals surface area contributed by atoms with Gasteiger partial charge in [0.15, 0.2) is 20.7 Å². The molecule has 8 nitrogen and oxygen atoms in total. The molecule has 0 aliphatic heterocycles. The first-order valence-corrected chi connectivity index (χ1v) is 10.6. The second-order valence-corrected chi connectivity index (χ2v) is 8.99. The van der Waals surface area contributed by atoms with E-state index in [9.17, 15) is 13.2 Å². The van der Waals surface area contributed by atoms with Gasteiger partial charge in [-0.1, -0.05) is 32.0 Å². The molecule has 0 aliphatic rings. The summed E-state index contributed by atoms with van der Waals surface area (Å²) in [5.74, 6) is 0.909. The smallest absolute Gasteiger partial charge is 0.269 e. The number of nitrogens with one attached hydrogen (secondary N) is 1. The molecular formula is C18H26N4O4S. The minimum Gasteiger partial charge on any atom is -0.351 e. The van der Waals surface area contributed by atoms with E-state index < -0.39 is 9.84 Å². The predicted molar refractivity (Wildman–Crippen MR) is 100 cm³/mol. The minimum absolute atomic E-state index is 0.00147. The van der Waals surface area contributed by atoms with Gasteiger partial charge in [0.25, 0.3) is 5.91 Å². The number of nitrogens with zero attached hydrogens (tertiary/aromatic N) is 3. The molecule has 148 valence electrons. The van der Waals surface area contributed by atoms with Crippen molar-refractivity contribution in [3.8, 4) is 0 Å². The van der Waals surface area contributed by atoms with Gasteiger partial charge in [0.2, 0.25) is 5.89 Å². The van der Waals surface area contributed by atoms with Crippen molar-refractivity contribution in [2.45, 2.75) is 51.5 Å². The molecule has 2 aromatic heterocycles. The quantitative estimate of drug-likeness (QED) is 0.650. The van der Waals surface area contributed by atoms with Crippen molar-refractivity contribution in [1.29, 1.82) is 0 Å². The van der Waals surface area contributed by atoms with Crippen LogP contribution in [-0.2, 0) is 9.84 Å². The zero-order valence-electron chi connectivity index (χ0n) is 16.1. The van der Waals surface area contributed by atoms with Gasteiger partial charge in [-0.3, -0.25) is 4.79 Å². The summed E-state index contributed by atoms with van der Waals surface area (Å²) >= 11 is 0. The van der Waals surface area contributed by atoms with Crippen LogP contribution < -0.4 is 5.32 Å². The number of carbonyl (C=O) groups is 1. The lowest BCUT2D eigenvalue weighted by Gasteiger charge is -2.09. The summed E-state index contributed by atoms with van der Waals surface area (Å²) in [6.45, 7) is 7.84. The molecule has 0 saturated heterocycles. The SMILES string of the molecule is Cc1nc([C@@H](C)CCCNC(=O)c2cccc(S(=O)(=O)CC(C)C)n2)no1. The van der Waals surface area contributed by atoms with E-state index in [1.54, 1.807) is 6.92 Å². The largest absolute Gasteiger partial charge is 0.351 e. The van der Waals surface area contributed by atoms with Gasteiger partial charge >= 0.3 is 0 Å². The average molecular weight is 394 g/mol. The lowest BCUT2D eigenvalue weighted by Crippen LogP contribution is -2.26. The fourth-order valence-corrected chi connectivity index (χ4v) is 4.16. The van der Waals surface area contributed by atoms with E-state index in [4.69, 9.17) is 4.52 Å². The normalized spacial score (nSPS) is 12.9. The molecular weight excluding hydrogens is 368 g/mol. The highest BCUT2D eigenvalue weighted by molar-refractivity contribution is 7.91. The van der Waals surface area contributed by atoms with Gasteiger partial charge in [-0.2, -0.15) is 4.98 Å². The number of sulfone groups is 1. The van der Waals surface area contributed by atoms with Crippen molar-refractivity contribution in [1.82, 2.24) is 20.4 Å². The molecule has 1 amide bonds. The highest BCUT2D eigenvalue weighted by Crippen LogP contribution is 2.17. The van der Waals surface area contributed by atoms with Crippen LogP contribution in [0, 0.1) is 12.8 Å². The zero-order chi connectivity index (χ0) is 20.0. The third-order valence-corrected chi connectivity index (χ3v) is 5.88. The van der Waals surface area contributed by atoms with Crippen molar-refractivity contribution >= 4 is 15.7 Å². The molecule has 2 rings (SSSR count). The highest BCUT2D eigenvalue weighted by atomic mass is 32.2. The Morgan fingerprint density at radius 1 is 1.22 bits per heavy atom. The Morgan fingerprint density at radius 2 is 1.96 bits per heavy atom. The number of carbonyl (C=O) groups excluding carboxylic acids is 1. The maximum atomic E-state index is 12.3. The first-order valence-electron chi connectivity index (χ1n) is 8.97. The lowest BCUT2D eigenvalue weighted by molar-refractivity contribution is 0.0947.